The molecule has 4 heterocycles. The van der Waals surface area contributed by atoms with Gasteiger partial charge in [-0.3, -0.25) is 14.3 Å². The first kappa shape index (κ1) is 12.6. The molecule has 1 aromatic heterocycles. The van der Waals surface area contributed by atoms with Crippen molar-refractivity contribution < 1.29 is 14.2 Å². The summed E-state index contributed by atoms with van der Waals surface area (Å²) in [6.07, 6.45) is -1.22. The van der Waals surface area contributed by atoms with Crippen molar-refractivity contribution in [2.75, 3.05) is 5.75 Å². The Balaban J connectivity index is 1.85. The van der Waals surface area contributed by atoms with Gasteiger partial charge in [-0.2, -0.15) is 0 Å². The predicted molar refractivity (Wildman–Crippen MR) is 69.8 cm³/mol. The Hall–Kier alpha value is -1.09. The highest BCUT2D eigenvalue weighted by Crippen LogP contribution is 2.46. The van der Waals surface area contributed by atoms with E-state index in [1.165, 1.54) is 22.4 Å². The molecule has 3 aliphatic rings. The van der Waals surface area contributed by atoms with E-state index in [2.05, 4.69) is 4.98 Å². The zero-order chi connectivity index (χ0) is 14.1. The van der Waals surface area contributed by atoms with Gasteiger partial charge in [0.05, 0.1) is 11.1 Å². The summed E-state index contributed by atoms with van der Waals surface area (Å²) in [7, 11) is 0. The van der Waals surface area contributed by atoms with Crippen molar-refractivity contribution in [2.24, 2.45) is 0 Å². The molecule has 0 aromatic carbocycles. The maximum absolute atomic E-state index is 12.1. The number of ether oxygens (including phenoxy) is 3. The van der Waals surface area contributed by atoms with Crippen LogP contribution in [0.25, 0.3) is 0 Å². The third kappa shape index (κ3) is 1.72. The maximum Gasteiger partial charge on any atom is 0.331 e. The topological polar surface area (TPSA) is 82.5 Å². The standard InChI is InChI=1S/C12H14N2O5S/c1-12(2)18-8-5-4-20-7-3-6(15)13-11(16)14(7)10(17-5)9(8)19-12/h3,5,8-10H,4H2,1-2H3,(H,13,15,16)/t5-,8-,9-,10-/m1/s1. The number of H-pyrrole nitrogens is 1. The Morgan fingerprint density at radius 1 is 1.35 bits per heavy atom. The molecule has 0 saturated carbocycles. The lowest BCUT2D eigenvalue weighted by molar-refractivity contribution is -0.194. The molecular weight excluding hydrogens is 284 g/mol. The van der Waals surface area contributed by atoms with Gasteiger partial charge in [0.15, 0.2) is 12.0 Å². The molecule has 0 amide bonds. The van der Waals surface area contributed by atoms with E-state index in [-0.39, 0.29) is 18.3 Å². The smallest absolute Gasteiger partial charge is 0.331 e. The SMILES string of the molecule is CC1(C)O[C@@H]2[C@H](O1)[C@H]1CSc3cc(=O)[nH]c(=O)n3[C@@H]2O1. The fourth-order valence-corrected chi connectivity index (χ4v) is 4.12. The second-order valence-corrected chi connectivity index (χ2v) is 6.63. The van der Waals surface area contributed by atoms with Crippen LogP contribution < -0.4 is 11.2 Å². The minimum atomic E-state index is -0.684. The van der Waals surface area contributed by atoms with Crippen LogP contribution in [0, 0.1) is 0 Å². The van der Waals surface area contributed by atoms with E-state index >= 15 is 0 Å². The zero-order valence-electron chi connectivity index (χ0n) is 11.0. The molecule has 4 atom stereocenters. The van der Waals surface area contributed by atoms with Crippen LogP contribution in [-0.2, 0) is 14.2 Å². The average Bonchev–Trinajstić information content (AvgIpc) is 2.72. The Labute approximate surface area is 118 Å². The van der Waals surface area contributed by atoms with Gasteiger partial charge in [-0.25, -0.2) is 4.79 Å². The van der Waals surface area contributed by atoms with Crippen LogP contribution in [0.2, 0.25) is 0 Å². The van der Waals surface area contributed by atoms with Gasteiger partial charge in [0, 0.05) is 11.8 Å². The second kappa shape index (κ2) is 3.97. The number of thioether (sulfide) groups is 1. The first-order valence-corrected chi connectivity index (χ1v) is 7.43. The minimum Gasteiger partial charge on any atom is -0.348 e. The summed E-state index contributed by atoms with van der Waals surface area (Å²) in [6.45, 7) is 3.70. The van der Waals surface area contributed by atoms with Gasteiger partial charge in [-0.1, -0.05) is 0 Å². The van der Waals surface area contributed by atoms with Gasteiger partial charge >= 0.3 is 5.69 Å². The van der Waals surface area contributed by atoms with Gasteiger partial charge in [-0.05, 0) is 13.8 Å². The highest BCUT2D eigenvalue weighted by Gasteiger charge is 2.57. The molecule has 2 bridgehead atoms. The van der Waals surface area contributed by atoms with Crippen molar-refractivity contribution in [3.05, 3.63) is 26.9 Å². The molecule has 0 radical (unpaired) electrons. The monoisotopic (exact) mass is 298 g/mol. The minimum absolute atomic E-state index is 0.147. The third-order valence-corrected chi connectivity index (χ3v) is 4.82. The number of aromatic nitrogens is 2. The molecule has 108 valence electrons. The lowest BCUT2D eigenvalue weighted by atomic mass is 10.1. The van der Waals surface area contributed by atoms with Crippen molar-refractivity contribution in [1.29, 1.82) is 0 Å². The number of nitrogens with zero attached hydrogens (tertiary/aromatic N) is 1. The van der Waals surface area contributed by atoms with Crippen molar-refractivity contribution in [3.8, 4) is 0 Å². The summed E-state index contributed by atoms with van der Waals surface area (Å²) in [4.78, 5) is 25.8. The van der Waals surface area contributed by atoms with E-state index < -0.39 is 23.3 Å². The fraction of sp³-hybridized carbons (Fsp3) is 0.667. The highest BCUT2D eigenvalue weighted by atomic mass is 32.2. The van der Waals surface area contributed by atoms with Crippen LogP contribution >= 0.6 is 11.8 Å². The molecule has 20 heavy (non-hydrogen) atoms. The van der Waals surface area contributed by atoms with E-state index in [1.807, 2.05) is 13.8 Å². The fourth-order valence-electron chi connectivity index (χ4n) is 3.00. The van der Waals surface area contributed by atoms with Crippen LogP contribution in [0.1, 0.15) is 20.1 Å². The second-order valence-electron chi connectivity index (χ2n) is 5.59. The van der Waals surface area contributed by atoms with Gasteiger partial charge in [0.1, 0.15) is 12.2 Å². The average molecular weight is 298 g/mol. The summed E-state index contributed by atoms with van der Waals surface area (Å²) in [6, 6.07) is 1.42. The number of hydrogen-bond donors (Lipinski definition) is 1. The van der Waals surface area contributed by atoms with Crippen LogP contribution in [0.15, 0.2) is 20.7 Å². The summed E-state index contributed by atoms with van der Waals surface area (Å²) >= 11 is 1.43. The molecule has 4 rings (SSSR count). The third-order valence-electron chi connectivity index (χ3n) is 3.72. The normalized spacial score (nSPS) is 37.3. The van der Waals surface area contributed by atoms with Crippen molar-refractivity contribution in [1.82, 2.24) is 9.55 Å². The quantitative estimate of drug-likeness (QED) is 0.682. The Morgan fingerprint density at radius 2 is 2.10 bits per heavy atom. The maximum atomic E-state index is 12.1. The van der Waals surface area contributed by atoms with Crippen LogP contribution in [0.5, 0.6) is 0 Å². The molecule has 0 unspecified atom stereocenters. The van der Waals surface area contributed by atoms with E-state index in [4.69, 9.17) is 14.2 Å². The molecule has 0 spiro atoms. The predicted octanol–water partition coefficient (Wildman–Crippen LogP) is 0.0598. The van der Waals surface area contributed by atoms with Gasteiger partial charge in [-0.15, -0.1) is 11.8 Å². The Kier molecular flexibility index (Phi) is 2.51. The van der Waals surface area contributed by atoms with E-state index in [0.717, 1.165) is 0 Å². The Bertz CT molecular complexity index is 681. The lowest BCUT2D eigenvalue weighted by Crippen LogP contribution is -2.39. The van der Waals surface area contributed by atoms with Gasteiger partial charge in [0.25, 0.3) is 5.56 Å². The molecule has 0 aliphatic carbocycles. The molecule has 3 aliphatic heterocycles. The number of hydrogen-bond acceptors (Lipinski definition) is 6. The number of rotatable bonds is 0. The van der Waals surface area contributed by atoms with Crippen LogP contribution in [0.4, 0.5) is 0 Å². The highest BCUT2D eigenvalue weighted by molar-refractivity contribution is 7.99. The van der Waals surface area contributed by atoms with Crippen LogP contribution in [0.3, 0.4) is 0 Å². The first-order chi connectivity index (χ1) is 9.44. The molecule has 2 saturated heterocycles. The van der Waals surface area contributed by atoms with Crippen molar-refractivity contribution in [2.45, 2.75) is 49.2 Å². The lowest BCUT2D eigenvalue weighted by Gasteiger charge is -2.23. The zero-order valence-corrected chi connectivity index (χ0v) is 11.8. The van der Waals surface area contributed by atoms with Gasteiger partial charge < -0.3 is 14.2 Å². The Morgan fingerprint density at radius 3 is 2.90 bits per heavy atom. The van der Waals surface area contributed by atoms with E-state index in [9.17, 15) is 9.59 Å². The number of fused-ring (bicyclic) bond motifs is 7. The van der Waals surface area contributed by atoms with E-state index in [1.54, 1.807) is 0 Å². The largest absolute Gasteiger partial charge is 0.348 e. The van der Waals surface area contributed by atoms with Gasteiger partial charge in [0.2, 0.25) is 0 Å². The summed E-state index contributed by atoms with van der Waals surface area (Å²) in [5.74, 6) is -0.0589. The number of nitrogens with one attached hydrogen (secondary N) is 1. The summed E-state index contributed by atoms with van der Waals surface area (Å²) < 4.78 is 19.1. The molecule has 7 nitrogen and oxygen atoms in total. The summed E-state index contributed by atoms with van der Waals surface area (Å²) in [5.41, 5.74) is -0.869. The molecular formula is C12H14N2O5S. The van der Waals surface area contributed by atoms with Crippen LogP contribution in [-0.4, -0.2) is 39.4 Å². The molecule has 2 fully saturated rings. The van der Waals surface area contributed by atoms with Crippen molar-refractivity contribution in [3.63, 3.8) is 0 Å². The van der Waals surface area contributed by atoms with E-state index in [0.29, 0.717) is 10.8 Å². The van der Waals surface area contributed by atoms with Crippen molar-refractivity contribution >= 4 is 11.8 Å². The molecule has 1 aromatic rings. The first-order valence-electron chi connectivity index (χ1n) is 6.44. The molecule has 1 N–H and O–H groups in total. The summed E-state index contributed by atoms with van der Waals surface area (Å²) in [5, 5.41) is 0.609. The molecule has 8 heteroatoms. The number of aromatic amines is 1.